The van der Waals surface area contributed by atoms with E-state index >= 15 is 0 Å². The number of aryl methyl sites for hydroxylation is 1. The molecule has 0 spiro atoms. The maximum atomic E-state index is 12.9. The Kier molecular flexibility index (Phi) is 6.41. The van der Waals surface area contributed by atoms with Crippen LogP contribution in [0, 0.1) is 12.7 Å². The fraction of sp³-hybridized carbons (Fsp3) is 0.211. The van der Waals surface area contributed by atoms with Gasteiger partial charge in [0.05, 0.1) is 0 Å². The van der Waals surface area contributed by atoms with Crippen LogP contribution in [-0.2, 0) is 10.5 Å². The van der Waals surface area contributed by atoms with Crippen molar-refractivity contribution < 1.29 is 13.9 Å². The molecule has 140 valence electrons. The Morgan fingerprint density at radius 3 is 2.78 bits per heavy atom. The maximum absolute atomic E-state index is 12.9. The van der Waals surface area contributed by atoms with Crippen molar-refractivity contribution in [1.82, 2.24) is 10.2 Å². The van der Waals surface area contributed by atoms with Crippen LogP contribution >= 0.6 is 23.1 Å². The number of hydrogen-bond donors (Lipinski definition) is 1. The topological polar surface area (TPSA) is 64.1 Å². The van der Waals surface area contributed by atoms with E-state index in [1.807, 2.05) is 6.07 Å². The molecule has 0 saturated heterocycles. The van der Waals surface area contributed by atoms with Gasteiger partial charge in [0.15, 0.2) is 10.4 Å². The molecule has 0 fully saturated rings. The Hall–Kier alpha value is -2.45. The Labute approximate surface area is 165 Å². The molecule has 0 radical (unpaired) electrons. The molecular formula is C19H18FN3O2S2. The van der Waals surface area contributed by atoms with Gasteiger partial charge in [-0.3, -0.25) is 10.1 Å². The van der Waals surface area contributed by atoms with Crippen molar-refractivity contribution >= 4 is 34.1 Å². The average Bonchev–Trinajstić information content (AvgIpc) is 3.09. The highest BCUT2D eigenvalue weighted by molar-refractivity contribution is 8.00. The second kappa shape index (κ2) is 8.96. The van der Waals surface area contributed by atoms with E-state index in [4.69, 9.17) is 4.74 Å². The molecule has 0 aliphatic heterocycles. The molecule has 0 aliphatic rings. The third kappa shape index (κ3) is 5.77. The first kappa shape index (κ1) is 19.3. The lowest BCUT2D eigenvalue weighted by molar-refractivity contribution is -0.122. The molecule has 0 aliphatic carbocycles. The minimum absolute atomic E-state index is 0.342. The first-order valence-corrected chi connectivity index (χ1v) is 10.0. The number of carbonyl (C=O) groups is 1. The van der Waals surface area contributed by atoms with Crippen LogP contribution in [0.3, 0.4) is 0 Å². The molecule has 5 nitrogen and oxygen atoms in total. The zero-order valence-corrected chi connectivity index (χ0v) is 16.4. The standard InChI is InChI=1S/C19H18FN3O2S2/c1-12-4-3-5-14(10-12)11-26-19-23-22-18(27-19)21-17(24)13(2)25-16-8-6-15(20)7-9-16/h3-10,13H,11H2,1-2H3,(H,21,22,24). The summed E-state index contributed by atoms with van der Waals surface area (Å²) in [5, 5.41) is 11.2. The number of ether oxygens (including phenoxy) is 1. The van der Waals surface area contributed by atoms with E-state index < -0.39 is 6.10 Å². The van der Waals surface area contributed by atoms with Crippen LogP contribution in [0.2, 0.25) is 0 Å². The summed E-state index contributed by atoms with van der Waals surface area (Å²) in [5.74, 6) is 0.509. The average molecular weight is 404 g/mol. The van der Waals surface area contributed by atoms with E-state index in [2.05, 4.69) is 40.6 Å². The summed E-state index contributed by atoms with van der Waals surface area (Å²) in [6.07, 6.45) is -0.747. The van der Waals surface area contributed by atoms with Crippen LogP contribution in [0.5, 0.6) is 5.75 Å². The van der Waals surface area contributed by atoms with Gasteiger partial charge >= 0.3 is 0 Å². The highest BCUT2D eigenvalue weighted by atomic mass is 32.2. The van der Waals surface area contributed by atoms with Crippen LogP contribution in [-0.4, -0.2) is 22.2 Å². The van der Waals surface area contributed by atoms with Crippen LogP contribution in [0.25, 0.3) is 0 Å². The first-order chi connectivity index (χ1) is 13.0. The zero-order valence-electron chi connectivity index (χ0n) is 14.8. The molecule has 1 unspecified atom stereocenters. The molecule has 1 aromatic heterocycles. The number of carbonyl (C=O) groups excluding carboxylic acids is 1. The number of amides is 1. The minimum atomic E-state index is -0.747. The quantitative estimate of drug-likeness (QED) is 0.458. The normalized spacial score (nSPS) is 11.8. The van der Waals surface area contributed by atoms with Crippen molar-refractivity contribution in [1.29, 1.82) is 0 Å². The molecule has 0 bridgehead atoms. The Morgan fingerprint density at radius 2 is 2.04 bits per heavy atom. The monoisotopic (exact) mass is 403 g/mol. The third-order valence-electron chi connectivity index (χ3n) is 3.58. The van der Waals surface area contributed by atoms with Gasteiger partial charge in [0.2, 0.25) is 5.13 Å². The zero-order chi connectivity index (χ0) is 19.2. The maximum Gasteiger partial charge on any atom is 0.266 e. The molecule has 1 N–H and O–H groups in total. The lowest BCUT2D eigenvalue weighted by Gasteiger charge is -2.13. The summed E-state index contributed by atoms with van der Waals surface area (Å²) in [6.45, 7) is 3.68. The fourth-order valence-corrected chi connectivity index (χ4v) is 3.94. The summed E-state index contributed by atoms with van der Waals surface area (Å²) >= 11 is 2.88. The number of anilines is 1. The Bertz CT molecular complexity index is 915. The SMILES string of the molecule is Cc1cccc(CSc2nnc(NC(=O)C(C)Oc3ccc(F)cc3)s2)c1. The van der Waals surface area contributed by atoms with Crippen molar-refractivity contribution in [3.8, 4) is 5.75 Å². The van der Waals surface area contributed by atoms with E-state index in [1.54, 1.807) is 18.7 Å². The predicted molar refractivity (Wildman–Crippen MR) is 106 cm³/mol. The summed E-state index contributed by atoms with van der Waals surface area (Å²) in [7, 11) is 0. The molecular weight excluding hydrogens is 385 g/mol. The molecule has 2 aromatic carbocycles. The lowest BCUT2D eigenvalue weighted by Crippen LogP contribution is -2.30. The minimum Gasteiger partial charge on any atom is -0.481 e. The second-order valence-corrected chi connectivity index (χ2v) is 8.05. The van der Waals surface area contributed by atoms with Crippen molar-refractivity contribution in [2.45, 2.75) is 30.0 Å². The number of thioether (sulfide) groups is 1. The molecule has 27 heavy (non-hydrogen) atoms. The second-order valence-electron chi connectivity index (χ2n) is 5.85. The number of nitrogens with zero attached hydrogens (tertiary/aromatic N) is 2. The van der Waals surface area contributed by atoms with Crippen molar-refractivity contribution in [2.75, 3.05) is 5.32 Å². The van der Waals surface area contributed by atoms with Crippen molar-refractivity contribution in [2.24, 2.45) is 0 Å². The smallest absolute Gasteiger partial charge is 0.266 e. The van der Waals surface area contributed by atoms with Crippen molar-refractivity contribution in [3.05, 3.63) is 65.5 Å². The summed E-state index contributed by atoms with van der Waals surface area (Å²) in [6, 6.07) is 13.8. The molecule has 3 aromatic rings. The van der Waals surface area contributed by atoms with Gasteiger partial charge < -0.3 is 4.74 Å². The van der Waals surface area contributed by atoms with Gasteiger partial charge in [-0.15, -0.1) is 10.2 Å². The highest BCUT2D eigenvalue weighted by Gasteiger charge is 2.17. The van der Waals surface area contributed by atoms with Gasteiger partial charge in [-0.2, -0.15) is 0 Å². The molecule has 1 heterocycles. The Balaban J connectivity index is 1.51. The van der Waals surface area contributed by atoms with E-state index in [0.29, 0.717) is 10.9 Å². The van der Waals surface area contributed by atoms with Crippen LogP contribution in [0.4, 0.5) is 9.52 Å². The number of benzene rings is 2. The van der Waals surface area contributed by atoms with Crippen molar-refractivity contribution in [3.63, 3.8) is 0 Å². The first-order valence-electron chi connectivity index (χ1n) is 8.24. The molecule has 0 saturated carbocycles. The van der Waals surface area contributed by atoms with Gasteiger partial charge in [0, 0.05) is 5.75 Å². The van der Waals surface area contributed by atoms with Crippen LogP contribution in [0.1, 0.15) is 18.1 Å². The highest BCUT2D eigenvalue weighted by Crippen LogP contribution is 2.28. The number of halogens is 1. The van der Waals surface area contributed by atoms with E-state index in [9.17, 15) is 9.18 Å². The van der Waals surface area contributed by atoms with E-state index in [-0.39, 0.29) is 11.7 Å². The summed E-state index contributed by atoms with van der Waals surface area (Å²) in [4.78, 5) is 12.2. The largest absolute Gasteiger partial charge is 0.481 e. The summed E-state index contributed by atoms with van der Waals surface area (Å²) in [5.41, 5.74) is 2.43. The number of aromatic nitrogens is 2. The molecule has 3 rings (SSSR count). The van der Waals surface area contributed by atoms with Gasteiger partial charge in [-0.25, -0.2) is 4.39 Å². The number of nitrogens with one attached hydrogen (secondary N) is 1. The number of hydrogen-bond acceptors (Lipinski definition) is 6. The molecule has 8 heteroatoms. The number of rotatable bonds is 7. The lowest BCUT2D eigenvalue weighted by atomic mass is 10.2. The van der Waals surface area contributed by atoms with Gasteiger partial charge in [0.1, 0.15) is 11.6 Å². The predicted octanol–water partition coefficient (Wildman–Crippen LogP) is 4.68. The third-order valence-corrected chi connectivity index (χ3v) is 5.62. The molecule has 1 amide bonds. The fourth-order valence-electron chi connectivity index (χ4n) is 2.24. The Morgan fingerprint density at radius 1 is 1.26 bits per heavy atom. The van der Waals surface area contributed by atoms with Crippen LogP contribution < -0.4 is 10.1 Å². The van der Waals surface area contributed by atoms with Gasteiger partial charge in [-0.05, 0) is 43.7 Å². The van der Waals surface area contributed by atoms with Gasteiger partial charge in [-0.1, -0.05) is 52.9 Å². The summed E-state index contributed by atoms with van der Waals surface area (Å²) < 4.78 is 19.2. The van der Waals surface area contributed by atoms with Gasteiger partial charge in [0.25, 0.3) is 5.91 Å². The molecule has 1 atom stereocenters. The van der Waals surface area contributed by atoms with E-state index in [1.165, 1.54) is 46.7 Å². The van der Waals surface area contributed by atoms with Crippen LogP contribution in [0.15, 0.2) is 52.9 Å². The van der Waals surface area contributed by atoms with E-state index in [0.717, 1.165) is 10.1 Å².